The molecule has 0 aliphatic carbocycles. The summed E-state index contributed by atoms with van der Waals surface area (Å²) in [6.07, 6.45) is 4.54. The molecule has 6 nitrogen and oxygen atoms in total. The van der Waals surface area contributed by atoms with Gasteiger partial charge < -0.3 is 10.3 Å². The Morgan fingerprint density at radius 3 is 2.85 bits per heavy atom. The standard InChI is InChI=1S/C14H21N5O/c1-5-6-19-8-12(10(3)18-19)14(20)17-11(4)13-15-7-9(2)16-13/h7-8,11H,5-6H2,1-4H3,(H,15,16)(H,17,20)/t11-/m0/s1. The molecule has 2 N–H and O–H groups in total. The number of imidazole rings is 1. The van der Waals surface area contributed by atoms with E-state index in [1.165, 1.54) is 0 Å². The molecule has 0 fully saturated rings. The molecule has 0 radical (unpaired) electrons. The number of aromatic amines is 1. The van der Waals surface area contributed by atoms with Crippen LogP contribution in [0, 0.1) is 13.8 Å². The molecule has 0 aliphatic heterocycles. The molecule has 2 rings (SSSR count). The Bertz CT molecular complexity index is 598. The van der Waals surface area contributed by atoms with E-state index in [0.29, 0.717) is 5.56 Å². The number of nitrogens with one attached hydrogen (secondary N) is 2. The van der Waals surface area contributed by atoms with Crippen LogP contribution in [-0.4, -0.2) is 25.7 Å². The van der Waals surface area contributed by atoms with Crippen molar-refractivity contribution in [3.8, 4) is 0 Å². The van der Waals surface area contributed by atoms with Gasteiger partial charge in [0.05, 0.1) is 17.3 Å². The smallest absolute Gasteiger partial charge is 0.255 e. The summed E-state index contributed by atoms with van der Waals surface area (Å²) in [5, 5.41) is 7.27. The van der Waals surface area contributed by atoms with Crippen LogP contribution in [0.5, 0.6) is 0 Å². The third kappa shape index (κ3) is 3.07. The maximum atomic E-state index is 12.3. The Morgan fingerprint density at radius 2 is 2.25 bits per heavy atom. The Morgan fingerprint density at radius 1 is 1.50 bits per heavy atom. The first-order valence-electron chi connectivity index (χ1n) is 6.87. The number of carbonyl (C=O) groups is 1. The number of aromatic nitrogens is 4. The number of amides is 1. The fourth-order valence-electron chi connectivity index (χ4n) is 2.08. The van der Waals surface area contributed by atoms with Crippen LogP contribution >= 0.6 is 0 Å². The Hall–Kier alpha value is -2.11. The molecule has 0 spiro atoms. The zero-order valence-corrected chi connectivity index (χ0v) is 12.4. The average molecular weight is 275 g/mol. The van der Waals surface area contributed by atoms with E-state index < -0.39 is 0 Å². The van der Waals surface area contributed by atoms with Crippen molar-refractivity contribution < 1.29 is 4.79 Å². The second-order valence-corrected chi connectivity index (χ2v) is 5.04. The molecule has 2 aromatic rings. The molecule has 108 valence electrons. The number of hydrogen-bond donors (Lipinski definition) is 2. The molecule has 0 unspecified atom stereocenters. The van der Waals surface area contributed by atoms with Gasteiger partial charge in [0.2, 0.25) is 0 Å². The van der Waals surface area contributed by atoms with E-state index in [-0.39, 0.29) is 11.9 Å². The highest BCUT2D eigenvalue weighted by Gasteiger charge is 2.17. The molecule has 2 heterocycles. The molecule has 1 atom stereocenters. The first-order valence-corrected chi connectivity index (χ1v) is 6.87. The summed E-state index contributed by atoms with van der Waals surface area (Å²) in [6.45, 7) is 8.59. The van der Waals surface area contributed by atoms with Gasteiger partial charge in [0.25, 0.3) is 5.91 Å². The molecule has 0 aromatic carbocycles. The summed E-state index contributed by atoms with van der Waals surface area (Å²) in [5.41, 5.74) is 2.35. The Kier molecular flexibility index (Phi) is 4.22. The molecule has 1 amide bonds. The van der Waals surface area contributed by atoms with E-state index in [0.717, 1.165) is 30.2 Å². The maximum absolute atomic E-state index is 12.3. The molecule has 0 aliphatic rings. The topological polar surface area (TPSA) is 75.6 Å². The number of rotatable bonds is 5. The quantitative estimate of drug-likeness (QED) is 0.877. The van der Waals surface area contributed by atoms with Crippen molar-refractivity contribution in [2.75, 3.05) is 0 Å². The minimum atomic E-state index is -0.162. The van der Waals surface area contributed by atoms with Gasteiger partial charge in [-0.25, -0.2) is 4.98 Å². The van der Waals surface area contributed by atoms with E-state index >= 15 is 0 Å². The first-order chi connectivity index (χ1) is 9.51. The summed E-state index contributed by atoms with van der Waals surface area (Å²) in [4.78, 5) is 19.6. The lowest BCUT2D eigenvalue weighted by atomic mass is 10.2. The maximum Gasteiger partial charge on any atom is 0.255 e. The van der Waals surface area contributed by atoms with E-state index in [9.17, 15) is 4.79 Å². The van der Waals surface area contributed by atoms with Crippen LogP contribution in [0.2, 0.25) is 0 Å². The van der Waals surface area contributed by atoms with Crippen molar-refractivity contribution in [3.63, 3.8) is 0 Å². The summed E-state index contributed by atoms with van der Waals surface area (Å²) in [5.74, 6) is 0.640. The lowest BCUT2D eigenvalue weighted by Gasteiger charge is -2.10. The van der Waals surface area contributed by atoms with E-state index in [2.05, 4.69) is 27.3 Å². The van der Waals surface area contributed by atoms with Crippen molar-refractivity contribution in [2.24, 2.45) is 0 Å². The lowest BCUT2D eigenvalue weighted by Crippen LogP contribution is -2.27. The van der Waals surface area contributed by atoms with Gasteiger partial charge >= 0.3 is 0 Å². The van der Waals surface area contributed by atoms with Crippen LogP contribution in [0.15, 0.2) is 12.4 Å². The highest BCUT2D eigenvalue weighted by molar-refractivity contribution is 5.95. The third-order valence-corrected chi connectivity index (χ3v) is 3.12. The fourth-order valence-corrected chi connectivity index (χ4v) is 2.08. The van der Waals surface area contributed by atoms with Gasteiger partial charge in [-0.3, -0.25) is 9.48 Å². The van der Waals surface area contributed by atoms with E-state index in [1.807, 2.05) is 25.5 Å². The van der Waals surface area contributed by atoms with Gasteiger partial charge in [-0.1, -0.05) is 6.92 Å². The molecule has 0 saturated carbocycles. The Balaban J connectivity index is 2.08. The van der Waals surface area contributed by atoms with Crippen molar-refractivity contribution in [1.82, 2.24) is 25.1 Å². The second kappa shape index (κ2) is 5.90. The zero-order valence-electron chi connectivity index (χ0n) is 12.4. The van der Waals surface area contributed by atoms with Crippen molar-refractivity contribution in [1.29, 1.82) is 0 Å². The van der Waals surface area contributed by atoms with Gasteiger partial charge in [-0.2, -0.15) is 5.10 Å². The highest BCUT2D eigenvalue weighted by atomic mass is 16.1. The zero-order chi connectivity index (χ0) is 14.7. The SMILES string of the molecule is CCCn1cc(C(=O)N[C@@H](C)c2ncc(C)[nH]2)c(C)n1. The molecule has 0 saturated heterocycles. The fraction of sp³-hybridized carbons (Fsp3) is 0.500. The molecule has 20 heavy (non-hydrogen) atoms. The summed E-state index contributed by atoms with van der Waals surface area (Å²) in [6, 6.07) is -0.162. The van der Waals surface area contributed by atoms with Crippen LogP contribution in [-0.2, 0) is 6.54 Å². The van der Waals surface area contributed by atoms with E-state index in [4.69, 9.17) is 0 Å². The lowest BCUT2D eigenvalue weighted by molar-refractivity contribution is 0.0937. The molecular weight excluding hydrogens is 254 g/mol. The largest absolute Gasteiger partial charge is 0.344 e. The number of aryl methyl sites for hydroxylation is 3. The van der Waals surface area contributed by atoms with Crippen LogP contribution in [0.3, 0.4) is 0 Å². The van der Waals surface area contributed by atoms with Crippen LogP contribution in [0.25, 0.3) is 0 Å². The van der Waals surface area contributed by atoms with Crippen LogP contribution < -0.4 is 5.32 Å². The van der Waals surface area contributed by atoms with E-state index in [1.54, 1.807) is 12.4 Å². The number of H-pyrrole nitrogens is 1. The first kappa shape index (κ1) is 14.3. The molecular formula is C14H21N5O. The predicted molar refractivity (Wildman–Crippen MR) is 76.5 cm³/mol. The van der Waals surface area contributed by atoms with Gasteiger partial charge in [-0.15, -0.1) is 0 Å². The van der Waals surface area contributed by atoms with Gasteiger partial charge in [0.15, 0.2) is 0 Å². The summed E-state index contributed by atoms with van der Waals surface area (Å²) in [7, 11) is 0. The number of hydrogen-bond acceptors (Lipinski definition) is 3. The predicted octanol–water partition coefficient (Wildman–Crippen LogP) is 2.12. The summed E-state index contributed by atoms with van der Waals surface area (Å²) >= 11 is 0. The minimum absolute atomic E-state index is 0.119. The summed E-state index contributed by atoms with van der Waals surface area (Å²) < 4.78 is 1.81. The number of nitrogens with zero attached hydrogens (tertiary/aromatic N) is 3. The number of carbonyl (C=O) groups excluding carboxylic acids is 1. The molecule has 0 bridgehead atoms. The third-order valence-electron chi connectivity index (χ3n) is 3.12. The average Bonchev–Trinajstić information content (AvgIpc) is 2.96. The molecule has 2 aromatic heterocycles. The van der Waals surface area contributed by atoms with Crippen molar-refractivity contribution >= 4 is 5.91 Å². The molecule has 6 heteroatoms. The Labute approximate surface area is 118 Å². The van der Waals surface area contributed by atoms with Crippen LogP contribution in [0.1, 0.15) is 53.9 Å². The van der Waals surface area contributed by atoms with Gasteiger partial charge in [0.1, 0.15) is 5.82 Å². The van der Waals surface area contributed by atoms with Crippen LogP contribution in [0.4, 0.5) is 0 Å². The van der Waals surface area contributed by atoms with Gasteiger partial charge in [0, 0.05) is 24.6 Å². The van der Waals surface area contributed by atoms with Gasteiger partial charge in [-0.05, 0) is 27.2 Å². The second-order valence-electron chi connectivity index (χ2n) is 5.04. The van der Waals surface area contributed by atoms with Crippen molar-refractivity contribution in [3.05, 3.63) is 35.2 Å². The normalized spacial score (nSPS) is 12.4. The highest BCUT2D eigenvalue weighted by Crippen LogP contribution is 2.11. The minimum Gasteiger partial charge on any atom is -0.344 e. The van der Waals surface area contributed by atoms with Crippen molar-refractivity contribution in [2.45, 2.75) is 46.7 Å². The monoisotopic (exact) mass is 275 g/mol.